The molecule has 3 aliphatic rings. The number of hydrogen-bond donors (Lipinski definition) is 2. The molecular formula is C30H32F3N5O6S. The zero-order chi connectivity index (χ0) is 32.8. The van der Waals surface area contributed by atoms with Crippen molar-refractivity contribution in [2.75, 3.05) is 26.2 Å². The first-order valence-electron chi connectivity index (χ1n) is 14.3. The summed E-state index contributed by atoms with van der Waals surface area (Å²) in [5.74, 6) is -9.65. The number of benzene rings is 1. The summed E-state index contributed by atoms with van der Waals surface area (Å²) in [5.41, 5.74) is -0.774. The van der Waals surface area contributed by atoms with Crippen molar-refractivity contribution in [2.45, 2.75) is 52.1 Å². The van der Waals surface area contributed by atoms with Crippen molar-refractivity contribution in [3.63, 3.8) is 0 Å². The van der Waals surface area contributed by atoms with Gasteiger partial charge in [-0.2, -0.15) is 0 Å². The number of carbonyl (C=O) groups excluding carboxylic acids is 3. The van der Waals surface area contributed by atoms with Crippen LogP contribution in [0.25, 0.3) is 0 Å². The molecule has 0 saturated carbocycles. The number of amidine groups is 1. The molecule has 240 valence electrons. The second-order valence-electron chi connectivity index (χ2n) is 11.8. The van der Waals surface area contributed by atoms with E-state index in [0.29, 0.717) is 15.5 Å². The molecule has 2 saturated heterocycles. The van der Waals surface area contributed by atoms with E-state index in [4.69, 9.17) is 9.73 Å². The summed E-state index contributed by atoms with van der Waals surface area (Å²) in [6.07, 6.45) is 0.991. The van der Waals surface area contributed by atoms with Gasteiger partial charge < -0.3 is 15.2 Å². The topological polar surface area (TPSA) is 142 Å². The van der Waals surface area contributed by atoms with Crippen LogP contribution < -0.4 is 5.32 Å². The standard InChI is InChI=1S/C30H32F3N5O6S/c1-5-44-27(41)21-18(35-24(25-34-9-10-45-25)36-23(21)16-7-6-8-17(31)15(16)2)12-37-14-30(32,33)22-19(37)13-38(26(22)40)20(39)11-29(3,4)28(42)43/h6-10,19,22-23H,5,11-14H2,1-4H3,(H,35,36)(H,42,43)/t19?,22?,23-/m0/s1. The number of imide groups is 1. The number of amides is 2. The van der Waals surface area contributed by atoms with Crippen LogP contribution in [0.2, 0.25) is 0 Å². The Morgan fingerprint density at radius 3 is 2.64 bits per heavy atom. The van der Waals surface area contributed by atoms with Gasteiger partial charge in [-0.1, -0.05) is 12.1 Å². The van der Waals surface area contributed by atoms with Gasteiger partial charge in [-0.05, 0) is 44.9 Å². The number of likely N-dealkylation sites (tertiary alicyclic amines) is 2. The first-order valence-corrected chi connectivity index (χ1v) is 15.1. The van der Waals surface area contributed by atoms with Gasteiger partial charge >= 0.3 is 11.9 Å². The number of alkyl halides is 2. The third-order valence-corrected chi connectivity index (χ3v) is 9.10. The molecule has 0 radical (unpaired) electrons. The van der Waals surface area contributed by atoms with Gasteiger partial charge in [0.05, 0.1) is 24.1 Å². The molecule has 0 spiro atoms. The molecule has 45 heavy (non-hydrogen) atoms. The van der Waals surface area contributed by atoms with Gasteiger partial charge in [0.15, 0.2) is 10.8 Å². The van der Waals surface area contributed by atoms with Crippen LogP contribution in [-0.4, -0.2) is 87.7 Å². The molecule has 2 N–H and O–H groups in total. The molecule has 11 nitrogen and oxygen atoms in total. The predicted octanol–water partition coefficient (Wildman–Crippen LogP) is 3.30. The molecule has 3 atom stereocenters. The average Bonchev–Trinajstić information content (AvgIpc) is 3.67. The highest BCUT2D eigenvalue weighted by atomic mass is 32.1. The van der Waals surface area contributed by atoms with Gasteiger partial charge in [0.25, 0.3) is 5.92 Å². The van der Waals surface area contributed by atoms with Crippen molar-refractivity contribution in [1.29, 1.82) is 0 Å². The van der Waals surface area contributed by atoms with Crippen LogP contribution in [0.15, 0.2) is 46.0 Å². The SMILES string of the molecule is CCOC(=O)C1=C(CN2CC(F)(F)C3C(=O)N(C(=O)CC(C)(C)C(=O)O)CC32)NC(c2nccs2)=N[C@H]1c1cccc(F)c1C. The van der Waals surface area contributed by atoms with Crippen molar-refractivity contribution in [2.24, 2.45) is 16.3 Å². The van der Waals surface area contributed by atoms with Crippen LogP contribution in [-0.2, 0) is 23.9 Å². The van der Waals surface area contributed by atoms with Crippen LogP contribution in [0.1, 0.15) is 49.4 Å². The molecule has 0 aliphatic carbocycles. The average molecular weight is 648 g/mol. The number of nitrogens with zero attached hydrogens (tertiary/aromatic N) is 4. The maximum absolute atomic E-state index is 15.5. The fourth-order valence-electron chi connectivity index (χ4n) is 5.90. The molecule has 2 unspecified atom stereocenters. The summed E-state index contributed by atoms with van der Waals surface area (Å²) in [6.45, 7) is 4.25. The van der Waals surface area contributed by atoms with Crippen LogP contribution in [0.5, 0.6) is 0 Å². The van der Waals surface area contributed by atoms with Gasteiger partial charge in [0.2, 0.25) is 11.8 Å². The van der Waals surface area contributed by atoms with Gasteiger partial charge in [-0.3, -0.25) is 29.2 Å². The van der Waals surface area contributed by atoms with Crippen molar-refractivity contribution < 1.29 is 42.2 Å². The number of nitrogens with one attached hydrogen (secondary N) is 1. The second-order valence-corrected chi connectivity index (χ2v) is 12.7. The number of aliphatic carboxylic acids is 1. The zero-order valence-electron chi connectivity index (χ0n) is 25.0. The minimum Gasteiger partial charge on any atom is -0.481 e. The Kier molecular flexibility index (Phi) is 8.61. The first-order chi connectivity index (χ1) is 21.2. The van der Waals surface area contributed by atoms with Gasteiger partial charge in [0.1, 0.15) is 17.8 Å². The number of hydrogen-bond acceptors (Lipinski definition) is 10. The Morgan fingerprint density at radius 1 is 1.27 bits per heavy atom. The summed E-state index contributed by atoms with van der Waals surface area (Å²) in [6, 6.07) is 2.17. The molecule has 3 aliphatic heterocycles. The van der Waals surface area contributed by atoms with Gasteiger partial charge in [0, 0.05) is 42.8 Å². The highest BCUT2D eigenvalue weighted by molar-refractivity contribution is 7.11. The number of carboxylic acids is 1. The van der Waals surface area contributed by atoms with Crippen LogP contribution >= 0.6 is 11.3 Å². The van der Waals surface area contributed by atoms with Crippen molar-refractivity contribution in [3.8, 4) is 0 Å². The van der Waals surface area contributed by atoms with Crippen LogP contribution in [0.3, 0.4) is 0 Å². The third kappa shape index (κ3) is 5.98. The molecule has 1 aromatic heterocycles. The number of carbonyl (C=O) groups is 4. The molecule has 1 aromatic carbocycles. The predicted molar refractivity (Wildman–Crippen MR) is 156 cm³/mol. The number of esters is 1. The molecule has 15 heteroatoms. The first kappa shape index (κ1) is 32.3. The fraction of sp³-hybridized carbons (Fsp3) is 0.467. The lowest BCUT2D eigenvalue weighted by Crippen LogP contribution is -2.45. The van der Waals surface area contributed by atoms with Gasteiger partial charge in [-0.15, -0.1) is 11.3 Å². The molecule has 2 amide bonds. The fourth-order valence-corrected chi connectivity index (χ4v) is 6.49. The molecule has 4 heterocycles. The molecular weight excluding hydrogens is 615 g/mol. The minimum atomic E-state index is -3.52. The van der Waals surface area contributed by atoms with E-state index in [9.17, 15) is 28.7 Å². The van der Waals surface area contributed by atoms with E-state index < -0.39 is 71.9 Å². The maximum atomic E-state index is 15.5. The molecule has 0 bridgehead atoms. The Morgan fingerprint density at radius 2 is 2.00 bits per heavy atom. The molecule has 2 aromatic rings. The maximum Gasteiger partial charge on any atom is 0.338 e. The minimum absolute atomic E-state index is 0.00172. The largest absolute Gasteiger partial charge is 0.481 e. The van der Waals surface area contributed by atoms with E-state index in [0.717, 1.165) is 0 Å². The highest BCUT2D eigenvalue weighted by Gasteiger charge is 2.63. The number of ether oxygens (including phenoxy) is 1. The Hall–Kier alpha value is -4.11. The number of thiazole rings is 1. The normalized spacial score (nSPS) is 23.1. The highest BCUT2D eigenvalue weighted by Crippen LogP contribution is 2.45. The van der Waals surface area contributed by atoms with Gasteiger partial charge in [-0.25, -0.2) is 22.9 Å². The van der Waals surface area contributed by atoms with E-state index in [1.54, 1.807) is 31.5 Å². The quantitative estimate of drug-likeness (QED) is 0.392. The van der Waals surface area contributed by atoms with E-state index in [2.05, 4.69) is 10.3 Å². The second kappa shape index (κ2) is 12.0. The number of fused-ring (bicyclic) bond motifs is 1. The monoisotopic (exact) mass is 647 g/mol. The Bertz CT molecular complexity index is 1610. The van der Waals surface area contributed by atoms with E-state index in [-0.39, 0.29) is 42.4 Å². The summed E-state index contributed by atoms with van der Waals surface area (Å²) in [5, 5.41) is 14.6. The third-order valence-electron chi connectivity index (χ3n) is 8.32. The van der Waals surface area contributed by atoms with E-state index in [1.165, 1.54) is 42.2 Å². The zero-order valence-corrected chi connectivity index (χ0v) is 25.8. The van der Waals surface area contributed by atoms with Crippen molar-refractivity contribution in [1.82, 2.24) is 20.1 Å². The number of aliphatic imine (C=N–C) groups is 1. The summed E-state index contributed by atoms with van der Waals surface area (Å²) in [7, 11) is 0. The van der Waals surface area contributed by atoms with E-state index in [1.807, 2.05) is 0 Å². The number of carboxylic acid groups (broad SMARTS) is 1. The summed E-state index contributed by atoms with van der Waals surface area (Å²) >= 11 is 1.24. The number of rotatable bonds is 9. The Labute approximate surface area is 260 Å². The molecule has 5 rings (SSSR count). The Balaban J connectivity index is 1.54. The van der Waals surface area contributed by atoms with Crippen molar-refractivity contribution >= 4 is 40.9 Å². The number of aromatic nitrogens is 1. The summed E-state index contributed by atoms with van der Waals surface area (Å²) in [4.78, 5) is 62.3. The lowest BCUT2D eigenvalue weighted by molar-refractivity contribution is -0.155. The molecule has 2 fully saturated rings. The van der Waals surface area contributed by atoms with Crippen molar-refractivity contribution in [3.05, 3.63) is 63.0 Å². The smallest absolute Gasteiger partial charge is 0.338 e. The van der Waals surface area contributed by atoms with Crippen LogP contribution in [0.4, 0.5) is 13.2 Å². The lowest BCUT2D eigenvalue weighted by atomic mass is 9.89. The lowest BCUT2D eigenvalue weighted by Gasteiger charge is -2.31. The van der Waals surface area contributed by atoms with E-state index >= 15 is 8.78 Å². The summed E-state index contributed by atoms with van der Waals surface area (Å²) < 4.78 is 51.0. The number of halogens is 3. The van der Waals surface area contributed by atoms with Crippen LogP contribution in [0, 0.1) is 24.1 Å².